The maximum atomic E-state index is 13.9. The molecule has 9 heteroatoms. The van der Waals surface area contributed by atoms with Crippen LogP contribution in [0.4, 0.5) is 25.4 Å². The van der Waals surface area contributed by atoms with E-state index in [1.807, 2.05) is 6.92 Å². The van der Waals surface area contributed by atoms with Crippen molar-refractivity contribution in [2.24, 2.45) is 0 Å². The molecule has 1 aromatic rings. The van der Waals surface area contributed by atoms with Gasteiger partial charge in [-0.15, -0.1) is 0 Å². The van der Waals surface area contributed by atoms with Crippen molar-refractivity contribution in [2.75, 3.05) is 11.5 Å². The van der Waals surface area contributed by atoms with Gasteiger partial charge in [-0.3, -0.25) is 10.1 Å². The largest absolute Gasteiger partial charge is 0.449 e. The summed E-state index contributed by atoms with van der Waals surface area (Å²) in [6.45, 7) is 6.57. The number of nitrogens with zero attached hydrogens (tertiary/aromatic N) is 2. The fourth-order valence-corrected chi connectivity index (χ4v) is 1.81. The van der Waals surface area contributed by atoms with Gasteiger partial charge in [-0.25, -0.2) is 9.59 Å². The summed E-state index contributed by atoms with van der Waals surface area (Å²) in [4.78, 5) is 35.2. The van der Waals surface area contributed by atoms with E-state index in [1.165, 1.54) is 0 Å². The Kier molecular flexibility index (Phi) is 6.84. The lowest BCUT2D eigenvalue weighted by Crippen LogP contribution is -2.42. The molecule has 1 rings (SSSR count). The standard InChI is InChI=1S/C16H21FN2O6/c1-5-6-10-24-14(20)18(15(21)25-16(2,3)4)12-9-7-8-11(17)13(12)19(22)23/h7-9H,5-6,10H2,1-4H3. The molecule has 0 aromatic heterocycles. The number of nitro benzene ring substituents is 1. The monoisotopic (exact) mass is 356 g/mol. The Hall–Kier alpha value is -2.71. The number of carbonyl (C=O) groups is 2. The van der Waals surface area contributed by atoms with E-state index in [9.17, 15) is 24.1 Å². The van der Waals surface area contributed by atoms with Crippen molar-refractivity contribution >= 4 is 23.6 Å². The number of ether oxygens (including phenoxy) is 2. The van der Waals surface area contributed by atoms with E-state index in [-0.39, 0.29) is 6.61 Å². The lowest BCUT2D eigenvalue weighted by molar-refractivity contribution is -0.386. The van der Waals surface area contributed by atoms with Crippen LogP contribution in [0.25, 0.3) is 0 Å². The first kappa shape index (κ1) is 20.3. The second-order valence-corrected chi connectivity index (χ2v) is 6.15. The number of unbranched alkanes of at least 4 members (excludes halogenated alkanes) is 1. The molecule has 0 aliphatic heterocycles. The molecule has 0 saturated heterocycles. The average molecular weight is 356 g/mol. The van der Waals surface area contributed by atoms with Crippen LogP contribution in [0.1, 0.15) is 40.5 Å². The van der Waals surface area contributed by atoms with E-state index in [0.717, 1.165) is 24.6 Å². The van der Waals surface area contributed by atoms with Crippen molar-refractivity contribution in [3.63, 3.8) is 0 Å². The number of rotatable bonds is 5. The van der Waals surface area contributed by atoms with Crippen LogP contribution in [0, 0.1) is 15.9 Å². The van der Waals surface area contributed by atoms with Gasteiger partial charge >= 0.3 is 17.9 Å². The highest BCUT2D eigenvalue weighted by atomic mass is 19.1. The fraction of sp³-hybridized carbons (Fsp3) is 0.500. The van der Waals surface area contributed by atoms with E-state index < -0.39 is 39.9 Å². The van der Waals surface area contributed by atoms with E-state index in [1.54, 1.807) is 20.8 Å². The minimum atomic E-state index is -1.19. The molecule has 8 nitrogen and oxygen atoms in total. The minimum Gasteiger partial charge on any atom is -0.449 e. The highest BCUT2D eigenvalue weighted by molar-refractivity contribution is 6.11. The van der Waals surface area contributed by atoms with Crippen LogP contribution < -0.4 is 4.90 Å². The first-order chi connectivity index (χ1) is 11.6. The van der Waals surface area contributed by atoms with Crippen molar-refractivity contribution in [1.82, 2.24) is 0 Å². The number of carbonyl (C=O) groups excluding carboxylic acids is 2. The predicted molar refractivity (Wildman–Crippen MR) is 88.0 cm³/mol. The maximum Gasteiger partial charge on any atom is 0.424 e. The highest BCUT2D eigenvalue weighted by Crippen LogP contribution is 2.32. The van der Waals surface area contributed by atoms with Gasteiger partial charge in [0.05, 0.1) is 11.5 Å². The van der Waals surface area contributed by atoms with E-state index in [2.05, 4.69) is 0 Å². The number of amides is 2. The SMILES string of the molecule is CCCCOC(=O)N(C(=O)OC(C)(C)C)c1cccc(F)c1[N+](=O)[O-]. The molecule has 0 fully saturated rings. The van der Waals surface area contributed by atoms with Gasteiger partial charge in [0, 0.05) is 0 Å². The number of nitro groups is 1. The van der Waals surface area contributed by atoms with Gasteiger partial charge < -0.3 is 9.47 Å². The fourth-order valence-electron chi connectivity index (χ4n) is 1.81. The number of hydrogen-bond donors (Lipinski definition) is 0. The summed E-state index contributed by atoms with van der Waals surface area (Å²) in [5, 5.41) is 11.2. The molecular weight excluding hydrogens is 335 g/mol. The first-order valence-electron chi connectivity index (χ1n) is 7.71. The third-order valence-electron chi connectivity index (χ3n) is 2.87. The lowest BCUT2D eigenvalue weighted by Gasteiger charge is -2.25. The van der Waals surface area contributed by atoms with E-state index in [4.69, 9.17) is 9.47 Å². The molecule has 1 aromatic carbocycles. The summed E-state index contributed by atoms with van der Waals surface area (Å²) >= 11 is 0. The van der Waals surface area contributed by atoms with Gasteiger partial charge in [-0.05, 0) is 39.3 Å². The molecule has 0 atom stereocenters. The number of imide groups is 1. The average Bonchev–Trinajstić information content (AvgIpc) is 2.45. The van der Waals surface area contributed by atoms with Gasteiger partial charge in [0.1, 0.15) is 11.3 Å². The number of para-hydroxylation sites is 1. The third kappa shape index (κ3) is 5.70. The lowest BCUT2D eigenvalue weighted by atomic mass is 10.2. The van der Waals surface area contributed by atoms with Crippen LogP contribution in [0.3, 0.4) is 0 Å². The predicted octanol–water partition coefficient (Wildman–Crippen LogP) is 4.41. The minimum absolute atomic E-state index is 0.0117. The second kappa shape index (κ2) is 8.41. The van der Waals surface area contributed by atoms with E-state index >= 15 is 0 Å². The van der Waals surface area contributed by atoms with Crippen LogP contribution in [0.5, 0.6) is 0 Å². The van der Waals surface area contributed by atoms with Gasteiger partial charge in [-0.2, -0.15) is 9.29 Å². The first-order valence-corrected chi connectivity index (χ1v) is 7.71. The molecule has 25 heavy (non-hydrogen) atoms. The van der Waals surface area contributed by atoms with Gasteiger partial charge in [0.25, 0.3) is 0 Å². The summed E-state index contributed by atoms with van der Waals surface area (Å²) in [6.07, 6.45) is -1.09. The molecule has 138 valence electrons. The molecule has 0 saturated carbocycles. The Morgan fingerprint density at radius 1 is 1.28 bits per heavy atom. The zero-order valence-corrected chi connectivity index (χ0v) is 14.6. The molecule has 0 heterocycles. The summed E-state index contributed by atoms with van der Waals surface area (Å²) in [7, 11) is 0. The molecule has 2 amide bonds. The number of anilines is 1. The summed E-state index contributed by atoms with van der Waals surface area (Å²) in [6, 6.07) is 3.08. The van der Waals surface area contributed by atoms with Crippen LogP contribution in [0.2, 0.25) is 0 Å². The summed E-state index contributed by atoms with van der Waals surface area (Å²) in [5.41, 5.74) is -2.54. The Bertz CT molecular complexity index is 657. The molecule has 0 spiro atoms. The van der Waals surface area contributed by atoms with Crippen molar-refractivity contribution < 1.29 is 28.4 Å². The zero-order chi connectivity index (χ0) is 19.2. The van der Waals surface area contributed by atoms with E-state index in [0.29, 0.717) is 11.3 Å². The Balaban J connectivity index is 3.32. The van der Waals surface area contributed by atoms with Crippen molar-refractivity contribution in [2.45, 2.75) is 46.1 Å². The molecule has 0 N–H and O–H groups in total. The molecular formula is C16H21FN2O6. The highest BCUT2D eigenvalue weighted by Gasteiger charge is 2.36. The Morgan fingerprint density at radius 2 is 1.92 bits per heavy atom. The third-order valence-corrected chi connectivity index (χ3v) is 2.87. The number of benzene rings is 1. The molecule has 0 radical (unpaired) electrons. The van der Waals surface area contributed by atoms with Gasteiger partial charge in [0.15, 0.2) is 0 Å². The quantitative estimate of drug-likeness (QED) is 0.440. The molecule has 0 aliphatic carbocycles. The van der Waals surface area contributed by atoms with Crippen molar-refractivity contribution in [3.8, 4) is 0 Å². The second-order valence-electron chi connectivity index (χ2n) is 6.15. The van der Waals surface area contributed by atoms with Crippen LogP contribution in [0.15, 0.2) is 18.2 Å². The number of hydrogen-bond acceptors (Lipinski definition) is 6. The van der Waals surface area contributed by atoms with Crippen LogP contribution >= 0.6 is 0 Å². The van der Waals surface area contributed by atoms with Gasteiger partial charge in [0.2, 0.25) is 5.82 Å². The Morgan fingerprint density at radius 3 is 2.44 bits per heavy atom. The van der Waals surface area contributed by atoms with Crippen molar-refractivity contribution in [1.29, 1.82) is 0 Å². The summed E-state index contributed by atoms with van der Waals surface area (Å²) < 4.78 is 23.9. The zero-order valence-electron chi connectivity index (χ0n) is 14.6. The Labute approximate surface area is 144 Å². The van der Waals surface area contributed by atoms with Crippen molar-refractivity contribution in [3.05, 3.63) is 34.1 Å². The smallest absolute Gasteiger partial charge is 0.424 e. The van der Waals surface area contributed by atoms with Crippen LogP contribution in [-0.2, 0) is 9.47 Å². The number of halogens is 1. The molecule has 0 unspecified atom stereocenters. The van der Waals surface area contributed by atoms with Crippen LogP contribution in [-0.4, -0.2) is 29.3 Å². The molecule has 0 bridgehead atoms. The molecule has 0 aliphatic rings. The normalized spacial score (nSPS) is 10.9. The van der Waals surface area contributed by atoms with Gasteiger partial charge in [-0.1, -0.05) is 19.4 Å². The summed E-state index contributed by atoms with van der Waals surface area (Å²) in [5.74, 6) is -1.18. The maximum absolute atomic E-state index is 13.9. The topological polar surface area (TPSA) is 99.0 Å².